The van der Waals surface area contributed by atoms with E-state index in [9.17, 15) is 9.59 Å². The molecule has 1 aromatic carbocycles. The summed E-state index contributed by atoms with van der Waals surface area (Å²) >= 11 is 0. The first-order chi connectivity index (χ1) is 13.5. The van der Waals surface area contributed by atoms with Crippen LogP contribution >= 0.6 is 0 Å². The summed E-state index contributed by atoms with van der Waals surface area (Å²) in [7, 11) is 0. The molecule has 0 N–H and O–H groups in total. The smallest absolute Gasteiger partial charge is 0.227 e. The average molecular weight is 380 g/mol. The van der Waals surface area contributed by atoms with Gasteiger partial charge in [-0.2, -0.15) is 5.10 Å². The van der Waals surface area contributed by atoms with Crippen molar-refractivity contribution in [1.82, 2.24) is 19.6 Å². The number of piperidine rings is 1. The molecule has 3 heterocycles. The number of likely N-dealkylation sites (tertiary alicyclic amines) is 2. The minimum Gasteiger partial charge on any atom is -0.342 e. The topological polar surface area (TPSA) is 58.4 Å². The van der Waals surface area contributed by atoms with Crippen LogP contribution in [0.15, 0.2) is 48.8 Å². The van der Waals surface area contributed by atoms with Crippen LogP contribution in [0.1, 0.15) is 31.7 Å². The highest BCUT2D eigenvalue weighted by molar-refractivity contribution is 5.80. The van der Waals surface area contributed by atoms with Crippen molar-refractivity contribution in [2.45, 2.75) is 39.3 Å². The summed E-state index contributed by atoms with van der Waals surface area (Å²) in [4.78, 5) is 29.4. The fourth-order valence-corrected chi connectivity index (χ4v) is 4.54. The van der Waals surface area contributed by atoms with Crippen LogP contribution in [-0.4, -0.2) is 51.0 Å². The number of aromatic nitrogens is 2. The molecule has 0 saturated carbocycles. The van der Waals surface area contributed by atoms with E-state index in [-0.39, 0.29) is 23.1 Å². The van der Waals surface area contributed by atoms with Gasteiger partial charge < -0.3 is 9.80 Å². The predicted octanol–water partition coefficient (Wildman–Crippen LogP) is 2.56. The highest BCUT2D eigenvalue weighted by atomic mass is 16.2. The quantitative estimate of drug-likeness (QED) is 0.801. The monoisotopic (exact) mass is 380 g/mol. The summed E-state index contributed by atoms with van der Waals surface area (Å²) in [5, 5.41) is 4.20. The Morgan fingerprint density at radius 1 is 1.18 bits per heavy atom. The fourth-order valence-electron chi connectivity index (χ4n) is 4.54. The zero-order valence-electron chi connectivity index (χ0n) is 16.5. The molecule has 2 aliphatic rings. The van der Waals surface area contributed by atoms with Crippen molar-refractivity contribution in [1.29, 1.82) is 0 Å². The lowest BCUT2D eigenvalue weighted by molar-refractivity contribution is -0.137. The van der Waals surface area contributed by atoms with E-state index in [1.807, 2.05) is 51.9 Å². The summed E-state index contributed by atoms with van der Waals surface area (Å²) in [6, 6.07) is 12.0. The number of carbonyl (C=O) groups excluding carboxylic acids is 2. The van der Waals surface area contributed by atoms with Crippen LogP contribution in [0.25, 0.3) is 0 Å². The Kier molecular flexibility index (Phi) is 5.20. The molecule has 0 radical (unpaired) electrons. The molecule has 6 nitrogen and oxygen atoms in total. The minimum absolute atomic E-state index is 0.0356. The van der Waals surface area contributed by atoms with Gasteiger partial charge in [0.1, 0.15) is 0 Å². The van der Waals surface area contributed by atoms with Crippen LogP contribution in [0.3, 0.4) is 0 Å². The second kappa shape index (κ2) is 7.78. The maximum absolute atomic E-state index is 12.8. The van der Waals surface area contributed by atoms with Crippen molar-refractivity contribution in [3.63, 3.8) is 0 Å². The molecule has 4 rings (SSSR count). The average Bonchev–Trinajstić information content (AvgIpc) is 3.31. The van der Waals surface area contributed by atoms with Crippen molar-refractivity contribution in [3.05, 3.63) is 54.4 Å². The summed E-state index contributed by atoms with van der Waals surface area (Å²) in [5.41, 5.74) is 1.21. The SMILES string of the molecule is CC(Cn1cccn1)C(=O)N1CCC2(CC1)CC(=O)N(Cc1ccccc1)C2. The fraction of sp³-hybridized carbons (Fsp3) is 0.500. The summed E-state index contributed by atoms with van der Waals surface area (Å²) in [6.45, 7) is 5.56. The van der Waals surface area contributed by atoms with Gasteiger partial charge in [0.2, 0.25) is 11.8 Å². The van der Waals surface area contributed by atoms with Crippen LogP contribution in [0.5, 0.6) is 0 Å². The number of carbonyl (C=O) groups is 2. The standard InChI is InChI=1S/C22H28N4O2/c1-18(15-26-11-5-10-23-26)21(28)24-12-8-22(9-13-24)14-20(27)25(17-22)16-19-6-3-2-4-7-19/h2-7,10-11,18H,8-9,12-17H2,1H3. The number of nitrogens with zero attached hydrogens (tertiary/aromatic N) is 4. The molecule has 28 heavy (non-hydrogen) atoms. The predicted molar refractivity (Wildman–Crippen MR) is 106 cm³/mol. The maximum Gasteiger partial charge on any atom is 0.227 e. The molecule has 1 spiro atoms. The van der Waals surface area contributed by atoms with Crippen LogP contribution < -0.4 is 0 Å². The lowest BCUT2D eigenvalue weighted by atomic mass is 9.77. The van der Waals surface area contributed by atoms with E-state index in [2.05, 4.69) is 17.2 Å². The van der Waals surface area contributed by atoms with Gasteiger partial charge in [0.05, 0.1) is 12.5 Å². The number of hydrogen-bond acceptors (Lipinski definition) is 3. The zero-order valence-corrected chi connectivity index (χ0v) is 16.5. The molecule has 0 aliphatic carbocycles. The van der Waals surface area contributed by atoms with Crippen LogP contribution in [0.2, 0.25) is 0 Å². The third kappa shape index (κ3) is 3.96. The van der Waals surface area contributed by atoms with Gasteiger partial charge in [0, 0.05) is 50.4 Å². The molecule has 0 bridgehead atoms. The molecule has 1 unspecified atom stereocenters. The lowest BCUT2D eigenvalue weighted by Gasteiger charge is -2.39. The van der Waals surface area contributed by atoms with E-state index in [4.69, 9.17) is 0 Å². The minimum atomic E-state index is -0.0891. The molecule has 2 amide bonds. The van der Waals surface area contributed by atoms with E-state index in [0.717, 1.165) is 32.5 Å². The molecule has 2 aliphatic heterocycles. The maximum atomic E-state index is 12.8. The van der Waals surface area contributed by atoms with E-state index in [0.29, 0.717) is 19.5 Å². The number of rotatable bonds is 5. The van der Waals surface area contributed by atoms with Gasteiger partial charge in [0.25, 0.3) is 0 Å². The molecule has 2 saturated heterocycles. The van der Waals surface area contributed by atoms with Gasteiger partial charge in [-0.15, -0.1) is 0 Å². The van der Waals surface area contributed by atoms with Gasteiger partial charge in [-0.1, -0.05) is 37.3 Å². The summed E-state index contributed by atoms with van der Waals surface area (Å²) in [5.74, 6) is 0.347. The molecular formula is C22H28N4O2. The van der Waals surface area contributed by atoms with E-state index in [1.54, 1.807) is 6.20 Å². The molecule has 1 atom stereocenters. The van der Waals surface area contributed by atoms with Gasteiger partial charge in [-0.25, -0.2) is 0 Å². The third-order valence-corrected chi connectivity index (χ3v) is 6.20. The number of amides is 2. The van der Waals surface area contributed by atoms with Crippen LogP contribution in [-0.2, 0) is 22.7 Å². The zero-order chi connectivity index (χ0) is 19.6. The van der Waals surface area contributed by atoms with Crippen LogP contribution in [0.4, 0.5) is 0 Å². The van der Waals surface area contributed by atoms with E-state index >= 15 is 0 Å². The molecule has 2 fully saturated rings. The normalized spacial score (nSPS) is 20.0. The van der Waals surface area contributed by atoms with Crippen LogP contribution in [0, 0.1) is 11.3 Å². The van der Waals surface area contributed by atoms with Crippen molar-refractivity contribution in [2.24, 2.45) is 11.3 Å². The van der Waals surface area contributed by atoms with Gasteiger partial charge in [-0.05, 0) is 24.5 Å². The highest BCUT2D eigenvalue weighted by Crippen LogP contribution is 2.41. The Morgan fingerprint density at radius 3 is 2.61 bits per heavy atom. The second-order valence-corrected chi connectivity index (χ2v) is 8.37. The Labute approximate surface area is 166 Å². The van der Waals surface area contributed by atoms with Crippen molar-refractivity contribution in [3.8, 4) is 0 Å². The van der Waals surface area contributed by atoms with E-state index < -0.39 is 0 Å². The summed E-state index contributed by atoms with van der Waals surface area (Å²) in [6.07, 6.45) is 6.06. The van der Waals surface area contributed by atoms with E-state index in [1.165, 1.54) is 5.56 Å². The largest absolute Gasteiger partial charge is 0.342 e. The van der Waals surface area contributed by atoms with Crippen molar-refractivity contribution >= 4 is 11.8 Å². The highest BCUT2D eigenvalue weighted by Gasteiger charge is 2.45. The summed E-state index contributed by atoms with van der Waals surface area (Å²) < 4.78 is 1.81. The molecule has 148 valence electrons. The lowest BCUT2D eigenvalue weighted by Crippen LogP contribution is -2.46. The van der Waals surface area contributed by atoms with Crippen molar-refractivity contribution in [2.75, 3.05) is 19.6 Å². The molecule has 2 aromatic rings. The van der Waals surface area contributed by atoms with Gasteiger partial charge in [-0.3, -0.25) is 14.3 Å². The second-order valence-electron chi connectivity index (χ2n) is 8.37. The Morgan fingerprint density at radius 2 is 1.93 bits per heavy atom. The first-order valence-electron chi connectivity index (χ1n) is 10.1. The molecule has 1 aromatic heterocycles. The Hall–Kier alpha value is -2.63. The Balaban J connectivity index is 1.32. The first-order valence-corrected chi connectivity index (χ1v) is 10.1. The van der Waals surface area contributed by atoms with Gasteiger partial charge >= 0.3 is 0 Å². The molecular weight excluding hydrogens is 352 g/mol. The van der Waals surface area contributed by atoms with Crippen molar-refractivity contribution < 1.29 is 9.59 Å². The molecule has 6 heteroatoms. The number of hydrogen-bond donors (Lipinski definition) is 0. The third-order valence-electron chi connectivity index (χ3n) is 6.20. The number of benzene rings is 1. The van der Waals surface area contributed by atoms with Gasteiger partial charge in [0.15, 0.2) is 0 Å². The Bertz CT molecular complexity index is 810. The first kappa shape index (κ1) is 18.7.